The van der Waals surface area contributed by atoms with Gasteiger partial charge in [-0.1, -0.05) is 0 Å². The summed E-state index contributed by atoms with van der Waals surface area (Å²) in [5.41, 5.74) is 0. The summed E-state index contributed by atoms with van der Waals surface area (Å²) in [6.45, 7) is 6.78. The lowest BCUT2D eigenvalue weighted by Gasteiger charge is -2.28. The van der Waals surface area contributed by atoms with E-state index >= 15 is 0 Å². The van der Waals surface area contributed by atoms with Gasteiger partial charge in [-0.2, -0.15) is 0 Å². The van der Waals surface area contributed by atoms with Gasteiger partial charge in [0.05, 0.1) is 37.4 Å². The molecule has 2 aliphatic heterocycles. The molecule has 2 saturated heterocycles. The van der Waals surface area contributed by atoms with Crippen molar-refractivity contribution in [2.75, 3.05) is 13.2 Å². The van der Waals surface area contributed by atoms with Crippen molar-refractivity contribution in [2.45, 2.75) is 76.3 Å². The summed E-state index contributed by atoms with van der Waals surface area (Å²) in [6, 6.07) is -0.995. The minimum atomic E-state index is -4.60. The molecule has 2 aliphatic rings. The smallest absolute Gasteiger partial charge is 0.382 e. The van der Waals surface area contributed by atoms with Crippen molar-refractivity contribution in [3.05, 3.63) is 0 Å². The molecule has 0 aromatic heterocycles. The Bertz CT molecular complexity index is 637. The van der Waals surface area contributed by atoms with Crippen molar-refractivity contribution in [3.8, 4) is 0 Å². The third kappa shape index (κ3) is 7.70. The molecule has 2 N–H and O–H groups in total. The third-order valence-electron chi connectivity index (χ3n) is 4.27. The largest absolute Gasteiger partial charge is 0.473 e. The van der Waals surface area contributed by atoms with E-state index in [9.17, 15) is 18.9 Å². The Morgan fingerprint density at radius 2 is 1.31 bits per heavy atom. The Balaban J connectivity index is 2.03. The standard InChI is InChI=1S/C14H30B2O11P2/c1-7(2)23-11-9(5-21-13(11)15)25-29(19,20)27-12-10(6-22-14(12)16)26-28(17,18)24-8(3)4/h7-14H,5-6,15-16H2,1-4H3,(H,17,18)(H,19,20)/t9-,10-,11?,12?,13-,14-/m1/s1. The highest BCUT2D eigenvalue weighted by Gasteiger charge is 2.47. The molecule has 0 bridgehead atoms. The van der Waals surface area contributed by atoms with Gasteiger partial charge >= 0.3 is 15.6 Å². The molecule has 8 atom stereocenters. The van der Waals surface area contributed by atoms with E-state index in [1.807, 2.05) is 13.8 Å². The zero-order valence-electron chi connectivity index (χ0n) is 17.5. The molecule has 0 spiro atoms. The first-order valence-corrected chi connectivity index (χ1v) is 12.6. The highest BCUT2D eigenvalue weighted by Crippen LogP contribution is 2.52. The van der Waals surface area contributed by atoms with Gasteiger partial charge in [0, 0.05) is 0 Å². The van der Waals surface area contributed by atoms with Crippen LogP contribution in [-0.4, -0.2) is 87.3 Å². The van der Waals surface area contributed by atoms with Gasteiger partial charge in [0.25, 0.3) is 0 Å². The Labute approximate surface area is 172 Å². The van der Waals surface area contributed by atoms with Gasteiger partial charge in [0.15, 0.2) is 0 Å². The fourth-order valence-corrected chi connectivity index (χ4v) is 5.43. The van der Waals surface area contributed by atoms with Crippen LogP contribution in [0.3, 0.4) is 0 Å². The Morgan fingerprint density at radius 3 is 1.83 bits per heavy atom. The molecule has 168 valence electrons. The SMILES string of the molecule is B[C@@H]1OC[C@@H](OP(=O)(O)OC(C)C)C1OP(=O)(O)O[C@@H]1CO[C@@H](B)C1OC(C)C. The van der Waals surface area contributed by atoms with Crippen molar-refractivity contribution < 1.29 is 51.2 Å². The second kappa shape index (κ2) is 10.2. The molecule has 2 fully saturated rings. The predicted molar refractivity (Wildman–Crippen MR) is 107 cm³/mol. The van der Waals surface area contributed by atoms with Crippen molar-refractivity contribution in [3.63, 3.8) is 0 Å². The number of hydrogen-bond donors (Lipinski definition) is 2. The Morgan fingerprint density at radius 1 is 0.828 bits per heavy atom. The van der Waals surface area contributed by atoms with Crippen LogP contribution in [0, 0.1) is 0 Å². The maximum atomic E-state index is 12.6. The Kier molecular flexibility index (Phi) is 8.99. The molecule has 0 aliphatic carbocycles. The van der Waals surface area contributed by atoms with Crippen molar-refractivity contribution in [2.24, 2.45) is 0 Å². The van der Waals surface area contributed by atoms with Gasteiger partial charge < -0.3 is 24.0 Å². The fourth-order valence-electron chi connectivity index (χ4n) is 3.14. The number of ether oxygens (including phenoxy) is 3. The van der Waals surface area contributed by atoms with Crippen LogP contribution in [-0.2, 0) is 41.4 Å². The summed E-state index contributed by atoms with van der Waals surface area (Å²) in [7, 11) is -5.63. The lowest BCUT2D eigenvalue weighted by molar-refractivity contribution is -0.0546. The first-order chi connectivity index (χ1) is 13.3. The highest BCUT2D eigenvalue weighted by molar-refractivity contribution is 7.47. The topological polar surface area (TPSA) is 139 Å². The third-order valence-corrected chi connectivity index (χ3v) is 6.54. The van der Waals surface area contributed by atoms with E-state index in [-0.39, 0.29) is 25.3 Å². The quantitative estimate of drug-likeness (QED) is 0.325. The minimum Gasteiger partial charge on any atom is -0.382 e. The van der Waals surface area contributed by atoms with Gasteiger partial charge in [-0.25, -0.2) is 9.13 Å². The van der Waals surface area contributed by atoms with Crippen LogP contribution >= 0.6 is 15.6 Å². The summed E-state index contributed by atoms with van der Waals surface area (Å²) >= 11 is 0. The molecule has 2 heterocycles. The number of phosphoric acid groups is 2. The molecule has 0 aromatic carbocycles. The van der Waals surface area contributed by atoms with E-state index in [0.717, 1.165) is 0 Å². The molecule has 4 unspecified atom stereocenters. The lowest BCUT2D eigenvalue weighted by Crippen LogP contribution is -2.38. The molecular formula is C14H30B2O11P2. The number of rotatable bonds is 10. The van der Waals surface area contributed by atoms with Gasteiger partial charge in [-0.05, 0) is 27.7 Å². The zero-order valence-corrected chi connectivity index (χ0v) is 19.3. The van der Waals surface area contributed by atoms with Crippen molar-refractivity contribution in [1.82, 2.24) is 0 Å². The summed E-state index contributed by atoms with van der Waals surface area (Å²) < 4.78 is 61.8. The normalized spacial score (nSPS) is 37.1. The highest BCUT2D eigenvalue weighted by atomic mass is 31.2. The van der Waals surface area contributed by atoms with Crippen LogP contribution in [0.4, 0.5) is 0 Å². The van der Waals surface area contributed by atoms with Crippen LogP contribution in [0.15, 0.2) is 0 Å². The average Bonchev–Trinajstić information content (AvgIpc) is 3.03. The predicted octanol–water partition coefficient (Wildman–Crippen LogP) is -0.460. The van der Waals surface area contributed by atoms with E-state index in [4.69, 9.17) is 32.3 Å². The molecule has 0 amide bonds. The molecule has 15 heteroatoms. The van der Waals surface area contributed by atoms with Gasteiger partial charge in [-0.15, -0.1) is 0 Å². The van der Waals surface area contributed by atoms with Crippen LogP contribution < -0.4 is 0 Å². The Hall–Kier alpha value is 0.230. The fraction of sp³-hybridized carbons (Fsp3) is 1.00. The van der Waals surface area contributed by atoms with Crippen LogP contribution in [0.25, 0.3) is 0 Å². The molecule has 11 nitrogen and oxygen atoms in total. The van der Waals surface area contributed by atoms with Gasteiger partial charge in [0.2, 0.25) is 0 Å². The first-order valence-electron chi connectivity index (χ1n) is 9.57. The summed E-state index contributed by atoms with van der Waals surface area (Å²) in [6.07, 6.45) is -4.25. The minimum absolute atomic E-state index is 0.0666. The molecule has 0 radical (unpaired) electrons. The van der Waals surface area contributed by atoms with E-state index in [1.165, 1.54) is 0 Å². The second-order valence-corrected chi connectivity index (χ2v) is 10.4. The van der Waals surface area contributed by atoms with Gasteiger partial charge in [0.1, 0.15) is 40.1 Å². The molecule has 29 heavy (non-hydrogen) atoms. The van der Waals surface area contributed by atoms with Crippen LogP contribution in [0.2, 0.25) is 0 Å². The van der Waals surface area contributed by atoms with Crippen molar-refractivity contribution >= 4 is 31.3 Å². The summed E-state index contributed by atoms with van der Waals surface area (Å²) in [5, 5.41) is 0. The van der Waals surface area contributed by atoms with E-state index in [0.29, 0.717) is 0 Å². The van der Waals surface area contributed by atoms with E-state index in [1.54, 1.807) is 29.5 Å². The summed E-state index contributed by atoms with van der Waals surface area (Å²) in [4.78, 5) is 20.1. The molecule has 2 rings (SSSR count). The lowest BCUT2D eigenvalue weighted by atomic mass is 9.93. The first kappa shape index (κ1) is 25.5. The van der Waals surface area contributed by atoms with E-state index in [2.05, 4.69) is 0 Å². The zero-order chi connectivity index (χ0) is 22.0. The number of phosphoric ester groups is 2. The monoisotopic (exact) mass is 458 g/mol. The summed E-state index contributed by atoms with van der Waals surface area (Å²) in [5.74, 6) is 0. The van der Waals surface area contributed by atoms with Crippen LogP contribution in [0.1, 0.15) is 27.7 Å². The number of hydrogen-bond acceptors (Lipinski definition) is 9. The van der Waals surface area contributed by atoms with Gasteiger partial charge in [-0.3, -0.25) is 18.1 Å². The van der Waals surface area contributed by atoms with E-state index < -0.39 is 52.2 Å². The molecule has 0 saturated carbocycles. The molecular weight excluding hydrogens is 428 g/mol. The second-order valence-electron chi connectivity index (χ2n) is 7.68. The maximum absolute atomic E-state index is 12.6. The van der Waals surface area contributed by atoms with Crippen molar-refractivity contribution in [1.29, 1.82) is 0 Å². The maximum Gasteiger partial charge on any atom is 0.473 e. The van der Waals surface area contributed by atoms with Crippen LogP contribution in [0.5, 0.6) is 0 Å². The average molecular weight is 458 g/mol. The molecule has 0 aromatic rings.